The number of hydrogen-bond donors (Lipinski definition) is 3. The normalized spacial score (nSPS) is 27.5. The van der Waals surface area contributed by atoms with E-state index in [1.165, 1.54) is 18.5 Å². The van der Waals surface area contributed by atoms with Gasteiger partial charge in [0.1, 0.15) is 6.10 Å². The van der Waals surface area contributed by atoms with E-state index in [0.29, 0.717) is 6.42 Å². The number of piperidine rings is 1. The van der Waals surface area contributed by atoms with E-state index in [-0.39, 0.29) is 35.5 Å². The molecule has 2 aromatic heterocycles. The third-order valence-corrected chi connectivity index (χ3v) is 4.44. The van der Waals surface area contributed by atoms with E-state index in [1.807, 2.05) is 0 Å². The molecular formula is C15H17F3N6O2. The second-order valence-corrected chi connectivity index (χ2v) is 6.25. The van der Waals surface area contributed by atoms with Crippen LogP contribution >= 0.6 is 0 Å². The molecule has 0 spiro atoms. The highest BCUT2D eigenvalue weighted by Gasteiger charge is 2.43. The third kappa shape index (κ3) is 3.66. The topological polar surface area (TPSA) is 97.0 Å². The molecule has 0 unspecified atom stereocenters. The molecule has 4 rings (SSSR count). The second-order valence-electron chi connectivity index (χ2n) is 6.25. The number of rotatable bonds is 6. The number of ether oxygens (including phenoxy) is 2. The number of aromatic nitrogens is 4. The predicted octanol–water partition coefficient (Wildman–Crippen LogP) is 2.15. The van der Waals surface area contributed by atoms with Crippen molar-refractivity contribution in [2.45, 2.75) is 50.2 Å². The van der Waals surface area contributed by atoms with Crippen molar-refractivity contribution in [1.82, 2.24) is 25.5 Å². The average Bonchev–Trinajstić information content (AvgIpc) is 3.20. The zero-order chi connectivity index (χ0) is 18.1. The van der Waals surface area contributed by atoms with Crippen LogP contribution in [-0.2, 0) is 0 Å². The van der Waals surface area contributed by atoms with Gasteiger partial charge < -0.3 is 20.1 Å². The maximum absolute atomic E-state index is 14.4. The van der Waals surface area contributed by atoms with E-state index >= 15 is 0 Å². The molecule has 2 bridgehead atoms. The fraction of sp³-hybridized carbons (Fsp3) is 0.533. The molecule has 11 heteroatoms. The van der Waals surface area contributed by atoms with Crippen LogP contribution in [0.1, 0.15) is 19.3 Å². The van der Waals surface area contributed by atoms with Gasteiger partial charge in [-0.25, -0.2) is 9.49 Å². The lowest BCUT2D eigenvalue weighted by Gasteiger charge is -2.32. The molecule has 140 valence electrons. The van der Waals surface area contributed by atoms with Crippen molar-refractivity contribution in [2.24, 2.45) is 0 Å². The number of aromatic amines is 1. The van der Waals surface area contributed by atoms with Gasteiger partial charge in [-0.15, -0.1) is 0 Å². The van der Waals surface area contributed by atoms with Crippen molar-refractivity contribution >= 4 is 11.6 Å². The van der Waals surface area contributed by atoms with Crippen LogP contribution in [0.25, 0.3) is 0 Å². The largest absolute Gasteiger partial charge is 0.470 e. The summed E-state index contributed by atoms with van der Waals surface area (Å²) in [6, 6.07) is 1.35. The standard InChI is InChI=1S/C15H17F3N6O2/c16-14-8-2-1-7(20-8)3-9(14)25-13-6-19-5-11(22-13)21-10-4-12(24-23-10)26-15(17)18/h4-9,14-15,20H,1-3H2,(H2,21,22,23,24)/t7-,8+,9-,14-/m1/s1. The van der Waals surface area contributed by atoms with Gasteiger partial charge in [0, 0.05) is 24.6 Å². The molecule has 0 amide bonds. The number of hydrogen-bond acceptors (Lipinski definition) is 7. The van der Waals surface area contributed by atoms with Gasteiger partial charge >= 0.3 is 6.61 Å². The Kier molecular flexibility index (Phi) is 4.53. The Labute approximate surface area is 146 Å². The Morgan fingerprint density at radius 1 is 1.23 bits per heavy atom. The highest BCUT2D eigenvalue weighted by molar-refractivity contribution is 5.52. The lowest BCUT2D eigenvalue weighted by molar-refractivity contribution is -0.0528. The summed E-state index contributed by atoms with van der Waals surface area (Å²) >= 11 is 0. The minimum absolute atomic E-state index is 0.176. The minimum atomic E-state index is -2.95. The molecule has 2 fully saturated rings. The monoisotopic (exact) mass is 370 g/mol. The number of fused-ring (bicyclic) bond motifs is 2. The Hall–Kier alpha value is -2.56. The molecule has 2 saturated heterocycles. The van der Waals surface area contributed by atoms with Crippen LogP contribution in [0.4, 0.5) is 24.8 Å². The number of nitrogens with zero attached hydrogens (tertiary/aromatic N) is 3. The maximum Gasteiger partial charge on any atom is 0.388 e. The number of nitrogens with one attached hydrogen (secondary N) is 3. The van der Waals surface area contributed by atoms with E-state index in [9.17, 15) is 13.2 Å². The molecule has 3 N–H and O–H groups in total. The highest BCUT2D eigenvalue weighted by atomic mass is 19.3. The van der Waals surface area contributed by atoms with Gasteiger partial charge in [0.25, 0.3) is 0 Å². The van der Waals surface area contributed by atoms with Crippen LogP contribution in [-0.4, -0.2) is 51.1 Å². The van der Waals surface area contributed by atoms with Crippen LogP contribution in [0.5, 0.6) is 11.8 Å². The van der Waals surface area contributed by atoms with Crippen molar-refractivity contribution in [1.29, 1.82) is 0 Å². The number of anilines is 2. The fourth-order valence-electron chi connectivity index (χ4n) is 3.35. The summed E-state index contributed by atoms with van der Waals surface area (Å²) in [4.78, 5) is 8.21. The molecule has 2 aliphatic heterocycles. The summed E-state index contributed by atoms with van der Waals surface area (Å²) in [6.45, 7) is -2.95. The smallest absolute Gasteiger partial charge is 0.388 e. The Morgan fingerprint density at radius 2 is 2.12 bits per heavy atom. The van der Waals surface area contributed by atoms with E-state index in [2.05, 4.69) is 35.5 Å². The number of H-pyrrole nitrogens is 1. The molecule has 2 aliphatic rings. The van der Waals surface area contributed by atoms with Crippen molar-refractivity contribution in [2.75, 3.05) is 5.32 Å². The van der Waals surface area contributed by atoms with Crippen LogP contribution in [0.2, 0.25) is 0 Å². The van der Waals surface area contributed by atoms with Gasteiger partial charge in [0.05, 0.1) is 12.4 Å². The maximum atomic E-state index is 14.4. The molecular weight excluding hydrogens is 353 g/mol. The molecule has 4 atom stereocenters. The van der Waals surface area contributed by atoms with Crippen LogP contribution in [0.15, 0.2) is 18.5 Å². The molecule has 0 saturated carbocycles. The summed E-state index contributed by atoms with van der Waals surface area (Å²) in [6.07, 6.45) is 3.46. The van der Waals surface area contributed by atoms with Crippen molar-refractivity contribution in [3.63, 3.8) is 0 Å². The first-order valence-corrected chi connectivity index (χ1v) is 8.23. The second kappa shape index (κ2) is 6.98. The summed E-state index contributed by atoms with van der Waals surface area (Å²) in [5.41, 5.74) is 0. The minimum Gasteiger partial charge on any atom is -0.470 e. The zero-order valence-electron chi connectivity index (χ0n) is 13.5. The van der Waals surface area contributed by atoms with Crippen LogP contribution in [0, 0.1) is 0 Å². The molecule has 0 radical (unpaired) electrons. The van der Waals surface area contributed by atoms with Gasteiger partial charge in [-0.2, -0.15) is 18.9 Å². The Bertz CT molecular complexity index is 760. The summed E-state index contributed by atoms with van der Waals surface area (Å²) in [5, 5.41) is 12.1. The first-order chi connectivity index (χ1) is 12.6. The molecule has 8 nitrogen and oxygen atoms in total. The van der Waals surface area contributed by atoms with Crippen LogP contribution in [0.3, 0.4) is 0 Å². The van der Waals surface area contributed by atoms with Crippen molar-refractivity contribution in [3.05, 3.63) is 18.5 Å². The SMILES string of the molecule is FC(F)Oc1cc(Nc2cncc(O[C@@H]3C[C@H]4CC[C@H](N4)[C@H]3F)n2)n[nH]1. The van der Waals surface area contributed by atoms with Gasteiger partial charge in [0.15, 0.2) is 17.8 Å². The van der Waals surface area contributed by atoms with Gasteiger partial charge in [-0.3, -0.25) is 4.98 Å². The van der Waals surface area contributed by atoms with Crippen LogP contribution < -0.4 is 20.1 Å². The number of halogens is 3. The molecule has 4 heterocycles. The molecule has 26 heavy (non-hydrogen) atoms. The van der Waals surface area contributed by atoms with Gasteiger partial charge in [-0.1, -0.05) is 0 Å². The lowest BCUT2D eigenvalue weighted by atomic mass is 10.0. The number of alkyl halides is 3. The van der Waals surface area contributed by atoms with E-state index in [4.69, 9.17) is 4.74 Å². The van der Waals surface area contributed by atoms with Crippen molar-refractivity contribution < 1.29 is 22.6 Å². The summed E-state index contributed by atoms with van der Waals surface area (Å²) in [5.74, 6) is 0.497. The van der Waals surface area contributed by atoms with Gasteiger partial charge in [-0.05, 0) is 12.8 Å². The third-order valence-electron chi connectivity index (χ3n) is 4.44. The molecule has 0 aromatic carbocycles. The lowest BCUT2D eigenvalue weighted by Crippen LogP contribution is -2.51. The van der Waals surface area contributed by atoms with Crippen molar-refractivity contribution in [3.8, 4) is 11.8 Å². The average molecular weight is 370 g/mol. The van der Waals surface area contributed by atoms with E-state index < -0.39 is 18.9 Å². The fourth-order valence-corrected chi connectivity index (χ4v) is 3.35. The summed E-state index contributed by atoms with van der Waals surface area (Å²) in [7, 11) is 0. The Balaban J connectivity index is 1.41. The Morgan fingerprint density at radius 3 is 2.96 bits per heavy atom. The van der Waals surface area contributed by atoms with E-state index in [1.54, 1.807) is 0 Å². The summed E-state index contributed by atoms with van der Waals surface area (Å²) < 4.78 is 48.7. The highest BCUT2D eigenvalue weighted by Crippen LogP contribution is 2.31. The quantitative estimate of drug-likeness (QED) is 0.717. The predicted molar refractivity (Wildman–Crippen MR) is 84.4 cm³/mol. The van der Waals surface area contributed by atoms with Gasteiger partial charge in [0.2, 0.25) is 11.8 Å². The van der Waals surface area contributed by atoms with E-state index in [0.717, 1.165) is 12.8 Å². The molecule has 2 aromatic rings. The molecule has 0 aliphatic carbocycles. The first-order valence-electron chi connectivity index (χ1n) is 8.23. The first kappa shape index (κ1) is 16.9. The zero-order valence-corrected chi connectivity index (χ0v) is 13.5.